The van der Waals surface area contributed by atoms with E-state index in [1.54, 1.807) is 21.3 Å². The molecule has 8 heteroatoms. The number of carbonyl (C=O) groups excluding carboxylic acids is 1. The molecule has 0 heterocycles. The number of nitrogens with one attached hydrogen (secondary N) is 3. The number of rotatable bonds is 7. The summed E-state index contributed by atoms with van der Waals surface area (Å²) in [6.45, 7) is 4.53. The Balaban J connectivity index is 1.82. The van der Waals surface area contributed by atoms with Gasteiger partial charge in [-0.05, 0) is 54.6 Å². The van der Waals surface area contributed by atoms with Crippen LogP contribution in [-0.2, 0) is 11.2 Å². The Hall–Kier alpha value is -2.22. The molecule has 162 valence electrons. The maximum atomic E-state index is 12.2. The van der Waals surface area contributed by atoms with E-state index >= 15 is 0 Å². The molecule has 3 N–H and O–H groups in total. The summed E-state index contributed by atoms with van der Waals surface area (Å²) in [5.41, 5.74) is 6.40. The summed E-state index contributed by atoms with van der Waals surface area (Å²) in [7, 11) is 4.70. The number of hydrogen-bond acceptors (Lipinski definition) is 5. The third-order valence-corrected chi connectivity index (χ3v) is 5.92. The van der Waals surface area contributed by atoms with Crippen molar-refractivity contribution in [2.24, 2.45) is 11.8 Å². The van der Waals surface area contributed by atoms with Gasteiger partial charge in [0.15, 0.2) is 16.6 Å². The molecule has 0 bridgehead atoms. The quantitative estimate of drug-likeness (QED) is 0.459. The van der Waals surface area contributed by atoms with Crippen LogP contribution in [0.25, 0.3) is 0 Å². The van der Waals surface area contributed by atoms with Crippen LogP contribution >= 0.6 is 12.2 Å². The van der Waals surface area contributed by atoms with E-state index < -0.39 is 0 Å². The molecule has 0 unspecified atom stereocenters. The minimum absolute atomic E-state index is 0.145. The van der Waals surface area contributed by atoms with Crippen molar-refractivity contribution in [1.82, 2.24) is 16.2 Å². The first-order valence-electron chi connectivity index (χ1n) is 10.0. The van der Waals surface area contributed by atoms with Gasteiger partial charge in [-0.2, -0.15) is 0 Å². The average Bonchev–Trinajstić information content (AvgIpc) is 2.73. The monoisotopic (exact) mass is 423 g/mol. The first-order chi connectivity index (χ1) is 13.9. The second kappa shape index (κ2) is 11.1. The lowest BCUT2D eigenvalue weighted by molar-refractivity contribution is -0.121. The number of hydrazine groups is 1. The highest BCUT2D eigenvalue weighted by Crippen LogP contribution is 2.38. The minimum atomic E-state index is -0.145. The Morgan fingerprint density at radius 1 is 1.07 bits per heavy atom. The second-order valence-corrected chi connectivity index (χ2v) is 7.96. The van der Waals surface area contributed by atoms with Crippen molar-refractivity contribution in [3.05, 3.63) is 17.7 Å². The van der Waals surface area contributed by atoms with Crippen molar-refractivity contribution >= 4 is 23.2 Å². The normalized spacial score (nSPS) is 21.1. The molecule has 1 saturated carbocycles. The largest absolute Gasteiger partial charge is 0.493 e. The molecule has 1 aliphatic carbocycles. The van der Waals surface area contributed by atoms with Gasteiger partial charge in [0.2, 0.25) is 11.7 Å². The minimum Gasteiger partial charge on any atom is -0.493 e. The molecular formula is C21H33N3O4S. The number of aryl methyl sites for hydroxylation is 1. The molecule has 1 aromatic rings. The van der Waals surface area contributed by atoms with Crippen LogP contribution in [-0.4, -0.2) is 38.4 Å². The molecule has 0 spiro atoms. The molecule has 0 aliphatic heterocycles. The van der Waals surface area contributed by atoms with Gasteiger partial charge >= 0.3 is 0 Å². The van der Waals surface area contributed by atoms with Gasteiger partial charge in [0, 0.05) is 12.5 Å². The van der Waals surface area contributed by atoms with Gasteiger partial charge in [0.05, 0.1) is 21.3 Å². The van der Waals surface area contributed by atoms with Crippen molar-refractivity contribution in [2.75, 3.05) is 21.3 Å². The lowest BCUT2D eigenvalue weighted by Gasteiger charge is -2.35. The van der Waals surface area contributed by atoms with Crippen molar-refractivity contribution in [1.29, 1.82) is 0 Å². The number of ether oxygens (including phenoxy) is 3. The second-order valence-electron chi connectivity index (χ2n) is 7.55. The lowest BCUT2D eigenvalue weighted by atomic mass is 9.78. The predicted octanol–water partition coefficient (Wildman–Crippen LogP) is 2.97. The van der Waals surface area contributed by atoms with Crippen LogP contribution < -0.4 is 30.4 Å². The zero-order chi connectivity index (χ0) is 21.4. The number of thiocarbonyl (C=S) groups is 1. The Morgan fingerprint density at radius 3 is 2.31 bits per heavy atom. The molecular weight excluding hydrogens is 390 g/mol. The highest BCUT2D eigenvalue weighted by Gasteiger charge is 2.27. The molecule has 0 saturated heterocycles. The summed E-state index contributed by atoms with van der Waals surface area (Å²) in [6, 6.07) is 4.04. The van der Waals surface area contributed by atoms with Gasteiger partial charge < -0.3 is 19.5 Å². The smallest absolute Gasteiger partial charge is 0.238 e. The molecule has 3 atom stereocenters. The Bertz CT molecular complexity index is 688. The molecule has 7 nitrogen and oxygen atoms in total. The number of methoxy groups -OCH3 is 3. The summed E-state index contributed by atoms with van der Waals surface area (Å²) in [5, 5.41) is 3.79. The van der Waals surface area contributed by atoms with Gasteiger partial charge in [-0.15, -0.1) is 0 Å². The van der Waals surface area contributed by atoms with Gasteiger partial charge in [-0.3, -0.25) is 15.6 Å². The SMILES string of the molecule is COc1cc(CCC(=O)NNC(=S)N[C@@H]2CCC[C@H](C)[C@H]2C)cc(OC)c1OC. The zero-order valence-electron chi connectivity index (χ0n) is 18.0. The van der Waals surface area contributed by atoms with Crippen molar-refractivity contribution in [2.45, 2.75) is 52.0 Å². The summed E-state index contributed by atoms with van der Waals surface area (Å²) in [5.74, 6) is 2.76. The van der Waals surface area contributed by atoms with E-state index in [0.717, 1.165) is 12.0 Å². The zero-order valence-corrected chi connectivity index (χ0v) is 18.8. The van der Waals surface area contributed by atoms with E-state index in [0.29, 0.717) is 53.1 Å². The third-order valence-electron chi connectivity index (χ3n) is 5.70. The Morgan fingerprint density at radius 2 is 1.72 bits per heavy atom. The van der Waals surface area contributed by atoms with Crippen LogP contribution in [0.3, 0.4) is 0 Å². The molecule has 29 heavy (non-hydrogen) atoms. The fourth-order valence-corrected chi connectivity index (χ4v) is 3.92. The number of carbonyl (C=O) groups is 1. The topological polar surface area (TPSA) is 80.9 Å². The maximum absolute atomic E-state index is 12.2. The van der Waals surface area contributed by atoms with E-state index in [1.165, 1.54) is 12.8 Å². The van der Waals surface area contributed by atoms with Crippen molar-refractivity contribution < 1.29 is 19.0 Å². The van der Waals surface area contributed by atoms with Crippen LogP contribution in [0.15, 0.2) is 12.1 Å². The summed E-state index contributed by atoms with van der Waals surface area (Å²) in [4.78, 5) is 12.2. The molecule has 1 fully saturated rings. The summed E-state index contributed by atoms with van der Waals surface area (Å²) in [6.07, 6.45) is 4.39. The van der Waals surface area contributed by atoms with E-state index in [9.17, 15) is 4.79 Å². The molecule has 0 aromatic heterocycles. The summed E-state index contributed by atoms with van der Waals surface area (Å²) < 4.78 is 16.0. The fourth-order valence-electron chi connectivity index (χ4n) is 3.72. The third kappa shape index (κ3) is 6.39. The standard InChI is InChI=1S/C21H33N3O4S/c1-13-7-6-8-16(14(13)2)22-21(29)24-23-19(25)10-9-15-11-17(26-3)20(28-5)18(12-15)27-4/h11-14,16H,6-10H2,1-5H3,(H,23,25)(H2,22,24,29)/t13-,14+,16+/m0/s1. The van der Waals surface area contributed by atoms with Crippen LogP contribution in [0.4, 0.5) is 0 Å². The van der Waals surface area contributed by atoms with E-state index in [-0.39, 0.29) is 5.91 Å². The highest BCUT2D eigenvalue weighted by atomic mass is 32.1. The van der Waals surface area contributed by atoms with E-state index in [1.807, 2.05) is 12.1 Å². The first kappa shape index (κ1) is 23.1. The summed E-state index contributed by atoms with van der Waals surface area (Å²) >= 11 is 5.33. The Kier molecular flexibility index (Phi) is 8.82. The molecule has 1 amide bonds. The highest BCUT2D eigenvalue weighted by molar-refractivity contribution is 7.80. The van der Waals surface area contributed by atoms with Crippen LogP contribution in [0, 0.1) is 11.8 Å². The molecule has 1 aromatic carbocycles. The van der Waals surface area contributed by atoms with E-state index in [2.05, 4.69) is 30.0 Å². The van der Waals surface area contributed by atoms with Gasteiger partial charge in [0.25, 0.3) is 0 Å². The van der Waals surface area contributed by atoms with Gasteiger partial charge in [-0.25, -0.2) is 0 Å². The maximum Gasteiger partial charge on any atom is 0.238 e. The number of benzene rings is 1. The van der Waals surface area contributed by atoms with Crippen LogP contribution in [0.2, 0.25) is 0 Å². The Labute approximate surface area is 178 Å². The molecule has 0 radical (unpaired) electrons. The van der Waals surface area contributed by atoms with Crippen LogP contribution in [0.5, 0.6) is 17.2 Å². The average molecular weight is 424 g/mol. The predicted molar refractivity (Wildman–Crippen MR) is 117 cm³/mol. The van der Waals surface area contributed by atoms with Crippen LogP contribution in [0.1, 0.15) is 45.1 Å². The number of hydrogen-bond donors (Lipinski definition) is 3. The fraction of sp³-hybridized carbons (Fsp3) is 0.619. The first-order valence-corrected chi connectivity index (χ1v) is 10.4. The van der Waals surface area contributed by atoms with Crippen molar-refractivity contribution in [3.8, 4) is 17.2 Å². The van der Waals surface area contributed by atoms with E-state index in [4.69, 9.17) is 26.4 Å². The number of amides is 1. The van der Waals surface area contributed by atoms with Gasteiger partial charge in [-0.1, -0.05) is 26.7 Å². The lowest BCUT2D eigenvalue weighted by Crippen LogP contribution is -2.52. The van der Waals surface area contributed by atoms with Gasteiger partial charge in [0.1, 0.15) is 0 Å². The molecule has 2 rings (SSSR count). The molecule has 1 aliphatic rings. The van der Waals surface area contributed by atoms with Crippen molar-refractivity contribution in [3.63, 3.8) is 0 Å².